The Labute approximate surface area is 114 Å². The van der Waals surface area contributed by atoms with Crippen LogP contribution in [0.4, 0.5) is 0 Å². The number of amides is 1. The van der Waals surface area contributed by atoms with Crippen LogP contribution in [0.2, 0.25) is 0 Å². The molecular weight excluding hydrogens is 242 g/mol. The van der Waals surface area contributed by atoms with Gasteiger partial charge in [-0.2, -0.15) is 0 Å². The van der Waals surface area contributed by atoms with Crippen LogP contribution in [0.5, 0.6) is 0 Å². The van der Waals surface area contributed by atoms with E-state index in [2.05, 4.69) is 25.2 Å². The third-order valence-corrected chi connectivity index (χ3v) is 5.16. The molecule has 100 valence electrons. The molecule has 1 amide bonds. The van der Waals surface area contributed by atoms with E-state index in [0.29, 0.717) is 5.92 Å². The molecular formula is C15H23NOS. The highest BCUT2D eigenvalue weighted by atomic mass is 32.1. The summed E-state index contributed by atoms with van der Waals surface area (Å²) in [6.07, 6.45) is 7.15. The van der Waals surface area contributed by atoms with E-state index < -0.39 is 0 Å². The molecule has 0 saturated heterocycles. The molecule has 3 heteroatoms. The summed E-state index contributed by atoms with van der Waals surface area (Å²) in [5.41, 5.74) is 1.42. The molecule has 0 unspecified atom stereocenters. The summed E-state index contributed by atoms with van der Waals surface area (Å²) in [5.74, 6) is 0.741. The molecule has 0 saturated carbocycles. The van der Waals surface area contributed by atoms with E-state index >= 15 is 0 Å². The number of aryl methyl sites for hydroxylation is 2. The zero-order valence-corrected chi connectivity index (χ0v) is 12.2. The van der Waals surface area contributed by atoms with E-state index in [4.69, 9.17) is 0 Å². The largest absolute Gasteiger partial charge is 0.351 e. The fourth-order valence-corrected chi connectivity index (χ4v) is 3.67. The second kappa shape index (κ2) is 6.37. The molecule has 1 aliphatic rings. The Bertz CT molecular complexity index is 383. The van der Waals surface area contributed by atoms with Crippen molar-refractivity contribution >= 4 is 17.2 Å². The lowest BCUT2D eigenvalue weighted by Crippen LogP contribution is -2.28. The van der Waals surface area contributed by atoms with Gasteiger partial charge in [0.25, 0.3) is 5.91 Å². The van der Waals surface area contributed by atoms with E-state index in [1.165, 1.54) is 29.7 Å². The molecule has 2 nitrogen and oxygen atoms in total. The van der Waals surface area contributed by atoms with Crippen molar-refractivity contribution in [3.63, 3.8) is 0 Å². The van der Waals surface area contributed by atoms with Crippen LogP contribution >= 0.6 is 11.3 Å². The number of nitrogens with one attached hydrogen (secondary N) is 1. The number of carbonyl (C=O) groups excluding carboxylic acids is 1. The molecule has 0 atom stereocenters. The van der Waals surface area contributed by atoms with Gasteiger partial charge in [-0.05, 0) is 43.2 Å². The van der Waals surface area contributed by atoms with Crippen LogP contribution in [-0.4, -0.2) is 12.5 Å². The number of hydrogen-bond donors (Lipinski definition) is 1. The summed E-state index contributed by atoms with van der Waals surface area (Å²) < 4.78 is 0. The predicted molar refractivity (Wildman–Crippen MR) is 77.4 cm³/mol. The van der Waals surface area contributed by atoms with Gasteiger partial charge in [-0.15, -0.1) is 11.3 Å². The standard InChI is InChI=1S/C15H23NOS/c1-3-11(4-2)10-16-15(17)14-9-12-7-5-6-8-13(12)18-14/h9,11H,3-8,10H2,1-2H3,(H,16,17). The van der Waals surface area contributed by atoms with Crippen molar-refractivity contribution in [2.45, 2.75) is 52.4 Å². The van der Waals surface area contributed by atoms with Gasteiger partial charge in [-0.1, -0.05) is 26.7 Å². The molecule has 0 aromatic carbocycles. The second-order valence-corrected chi connectivity index (χ2v) is 6.30. The van der Waals surface area contributed by atoms with Crippen LogP contribution in [0.1, 0.15) is 59.6 Å². The molecule has 1 aromatic heterocycles. The Morgan fingerprint density at radius 2 is 2.06 bits per heavy atom. The maximum atomic E-state index is 12.1. The van der Waals surface area contributed by atoms with E-state index in [9.17, 15) is 4.79 Å². The lowest BCUT2D eigenvalue weighted by molar-refractivity contribution is 0.0950. The number of hydrogen-bond acceptors (Lipinski definition) is 2. The summed E-state index contributed by atoms with van der Waals surface area (Å²) in [6.45, 7) is 5.18. The minimum atomic E-state index is 0.126. The van der Waals surface area contributed by atoms with Crippen LogP contribution < -0.4 is 5.32 Å². The van der Waals surface area contributed by atoms with Crippen molar-refractivity contribution in [3.8, 4) is 0 Å². The molecule has 1 heterocycles. The average Bonchev–Trinajstić information content (AvgIpc) is 2.83. The Hall–Kier alpha value is -0.830. The zero-order chi connectivity index (χ0) is 13.0. The van der Waals surface area contributed by atoms with Crippen molar-refractivity contribution in [2.75, 3.05) is 6.54 Å². The highest BCUT2D eigenvalue weighted by Gasteiger charge is 2.17. The summed E-state index contributed by atoms with van der Waals surface area (Å²) in [6, 6.07) is 2.11. The third kappa shape index (κ3) is 3.14. The third-order valence-electron chi connectivity index (χ3n) is 3.93. The van der Waals surface area contributed by atoms with Gasteiger partial charge in [0.15, 0.2) is 0 Å². The molecule has 1 aromatic rings. The molecule has 0 fully saturated rings. The lowest BCUT2D eigenvalue weighted by atomic mass is 9.99. The Balaban J connectivity index is 1.94. The Morgan fingerprint density at radius 1 is 1.33 bits per heavy atom. The fraction of sp³-hybridized carbons (Fsp3) is 0.667. The number of rotatable bonds is 5. The van der Waals surface area contributed by atoms with Crippen LogP contribution in [0.3, 0.4) is 0 Å². The zero-order valence-electron chi connectivity index (χ0n) is 11.4. The van der Waals surface area contributed by atoms with E-state index in [1.54, 1.807) is 11.3 Å². The van der Waals surface area contributed by atoms with Crippen molar-refractivity contribution < 1.29 is 4.79 Å². The van der Waals surface area contributed by atoms with Crippen molar-refractivity contribution in [1.82, 2.24) is 5.32 Å². The van der Waals surface area contributed by atoms with Crippen LogP contribution in [0.15, 0.2) is 6.07 Å². The van der Waals surface area contributed by atoms with Crippen LogP contribution in [0, 0.1) is 5.92 Å². The quantitative estimate of drug-likeness (QED) is 0.862. The predicted octanol–water partition coefficient (Wildman–Crippen LogP) is 3.79. The molecule has 0 spiro atoms. The first-order chi connectivity index (χ1) is 8.74. The molecule has 1 N–H and O–H groups in total. The first-order valence-corrected chi connectivity index (χ1v) is 7.96. The average molecular weight is 265 g/mol. The highest BCUT2D eigenvalue weighted by Crippen LogP contribution is 2.29. The first kappa shape index (κ1) is 13.6. The van der Waals surface area contributed by atoms with Gasteiger partial charge in [0.1, 0.15) is 0 Å². The molecule has 0 bridgehead atoms. The van der Waals surface area contributed by atoms with Gasteiger partial charge in [-0.3, -0.25) is 4.79 Å². The Morgan fingerprint density at radius 3 is 2.72 bits per heavy atom. The highest BCUT2D eigenvalue weighted by molar-refractivity contribution is 7.14. The fourth-order valence-electron chi connectivity index (χ4n) is 2.50. The summed E-state index contributed by atoms with van der Waals surface area (Å²) in [5, 5.41) is 3.08. The maximum Gasteiger partial charge on any atom is 0.261 e. The topological polar surface area (TPSA) is 29.1 Å². The Kier molecular flexibility index (Phi) is 4.81. The summed E-state index contributed by atoms with van der Waals surface area (Å²) in [4.78, 5) is 14.4. The van der Waals surface area contributed by atoms with Crippen LogP contribution in [0.25, 0.3) is 0 Å². The first-order valence-electron chi connectivity index (χ1n) is 7.14. The van der Waals surface area contributed by atoms with E-state index in [0.717, 1.165) is 30.7 Å². The van der Waals surface area contributed by atoms with Gasteiger partial charge in [-0.25, -0.2) is 0 Å². The van der Waals surface area contributed by atoms with Crippen molar-refractivity contribution in [3.05, 3.63) is 21.4 Å². The SMILES string of the molecule is CCC(CC)CNC(=O)c1cc2c(s1)CCCC2. The number of fused-ring (bicyclic) bond motifs is 1. The van der Waals surface area contributed by atoms with Gasteiger partial charge < -0.3 is 5.32 Å². The maximum absolute atomic E-state index is 12.1. The minimum absolute atomic E-state index is 0.126. The van der Waals surface area contributed by atoms with Gasteiger partial charge in [0, 0.05) is 11.4 Å². The molecule has 0 radical (unpaired) electrons. The van der Waals surface area contributed by atoms with E-state index in [-0.39, 0.29) is 5.91 Å². The van der Waals surface area contributed by atoms with Gasteiger partial charge >= 0.3 is 0 Å². The van der Waals surface area contributed by atoms with Crippen molar-refractivity contribution in [1.29, 1.82) is 0 Å². The molecule has 18 heavy (non-hydrogen) atoms. The van der Waals surface area contributed by atoms with Crippen LogP contribution in [-0.2, 0) is 12.8 Å². The second-order valence-electron chi connectivity index (χ2n) is 5.16. The van der Waals surface area contributed by atoms with Gasteiger partial charge in [0.2, 0.25) is 0 Å². The summed E-state index contributed by atoms with van der Waals surface area (Å²) >= 11 is 1.70. The van der Waals surface area contributed by atoms with Crippen molar-refractivity contribution in [2.24, 2.45) is 5.92 Å². The summed E-state index contributed by atoms with van der Waals surface area (Å²) in [7, 11) is 0. The minimum Gasteiger partial charge on any atom is -0.351 e. The normalized spacial score (nSPS) is 14.6. The van der Waals surface area contributed by atoms with Gasteiger partial charge in [0.05, 0.1) is 4.88 Å². The molecule has 1 aliphatic carbocycles. The smallest absolute Gasteiger partial charge is 0.261 e. The number of carbonyl (C=O) groups is 1. The monoisotopic (exact) mass is 265 g/mol. The lowest BCUT2D eigenvalue weighted by Gasteiger charge is -2.12. The number of thiophene rings is 1. The molecule has 2 rings (SSSR count). The van der Waals surface area contributed by atoms with E-state index in [1.807, 2.05) is 0 Å². The molecule has 0 aliphatic heterocycles.